The van der Waals surface area contributed by atoms with Crippen molar-refractivity contribution in [1.82, 2.24) is 0 Å². The van der Waals surface area contributed by atoms with E-state index < -0.39 is 0 Å². The maximum atomic E-state index is 9.64. The Balaban J connectivity index is 0.000000220. The summed E-state index contributed by atoms with van der Waals surface area (Å²) >= 11 is 35.9. The van der Waals surface area contributed by atoms with Crippen molar-refractivity contribution in [1.29, 1.82) is 21.0 Å². The number of benzene rings is 5. The summed E-state index contributed by atoms with van der Waals surface area (Å²) in [5.41, 5.74) is 4.28. The number of aryl methyl sites for hydroxylation is 1. The van der Waals surface area contributed by atoms with Crippen LogP contribution in [0.2, 0.25) is 30.1 Å². The first-order valence-corrected chi connectivity index (χ1v) is 15.0. The molecule has 5 aromatic rings. The zero-order valence-electron chi connectivity index (χ0n) is 23.2. The van der Waals surface area contributed by atoms with Crippen molar-refractivity contribution < 1.29 is 0 Å². The van der Waals surface area contributed by atoms with Crippen LogP contribution in [-0.4, -0.2) is 0 Å². The molecule has 220 valence electrons. The molecular weight excluding hydrogens is 689 g/mol. The topological polar surface area (TPSA) is 95.2 Å². The second kappa shape index (κ2) is 16.8. The molecule has 0 N–H and O–H groups in total. The van der Waals surface area contributed by atoms with Crippen LogP contribution in [0.4, 0.5) is 0 Å². The Bertz CT molecular complexity index is 1850. The molecule has 0 amide bonds. The van der Waals surface area contributed by atoms with Gasteiger partial charge in [0.25, 0.3) is 0 Å². The molecule has 0 aliphatic carbocycles. The van der Waals surface area contributed by atoms with Crippen LogP contribution in [0.3, 0.4) is 0 Å². The molecule has 5 rings (SSSR count). The number of hydrogen-bond donors (Lipinski definition) is 0. The molecule has 0 fully saturated rings. The summed E-state index contributed by atoms with van der Waals surface area (Å²) in [5, 5.41) is 36.9. The normalized spacial score (nSPS) is 9.58. The Labute approximate surface area is 291 Å². The van der Waals surface area contributed by atoms with E-state index in [0.717, 1.165) is 11.1 Å². The van der Waals surface area contributed by atoms with E-state index in [1.807, 2.05) is 78.9 Å². The lowest BCUT2D eigenvalue weighted by atomic mass is 9.91. The van der Waals surface area contributed by atoms with Crippen LogP contribution in [0.1, 0.15) is 27.8 Å². The minimum Gasteiger partial charge on any atom is -0.192 e. The third kappa shape index (κ3) is 8.10. The summed E-state index contributed by atoms with van der Waals surface area (Å²) in [7, 11) is 0. The molecule has 0 saturated heterocycles. The molecule has 0 heterocycles. The highest BCUT2D eigenvalue weighted by Gasteiger charge is 2.24. The molecule has 0 atom stereocenters. The van der Waals surface area contributed by atoms with Crippen LogP contribution in [0.25, 0.3) is 22.3 Å². The van der Waals surface area contributed by atoms with Gasteiger partial charge in [0.1, 0.15) is 24.3 Å². The van der Waals surface area contributed by atoms with E-state index in [4.69, 9.17) is 80.1 Å². The van der Waals surface area contributed by atoms with Gasteiger partial charge in [-0.3, -0.25) is 0 Å². The molecule has 10 heteroatoms. The monoisotopic (exact) mass is 704 g/mol. The van der Waals surface area contributed by atoms with E-state index in [-0.39, 0.29) is 52.4 Å². The van der Waals surface area contributed by atoms with Gasteiger partial charge in [-0.1, -0.05) is 166 Å². The minimum atomic E-state index is -0.0554. The molecule has 5 aromatic carbocycles. The number of rotatable bonds is 2. The summed E-state index contributed by atoms with van der Waals surface area (Å²) < 4.78 is 0. The summed E-state index contributed by atoms with van der Waals surface area (Å²) in [5.74, 6) is 0. The van der Waals surface area contributed by atoms with Crippen molar-refractivity contribution in [3.63, 3.8) is 0 Å². The lowest BCUT2D eigenvalue weighted by molar-refractivity contribution is 1.44. The fraction of sp³-hybridized carbons (Fsp3) is 0.0286. The Morgan fingerprint density at radius 1 is 0.378 bits per heavy atom. The number of halogens is 6. The van der Waals surface area contributed by atoms with Crippen LogP contribution in [-0.2, 0) is 0 Å². The lowest BCUT2D eigenvalue weighted by Gasteiger charge is -2.16. The maximum Gasteiger partial charge on any atom is 0.102 e. The van der Waals surface area contributed by atoms with Gasteiger partial charge in [-0.2, -0.15) is 21.0 Å². The highest BCUT2D eigenvalue weighted by molar-refractivity contribution is 6.49. The minimum absolute atomic E-state index is 0.0256. The number of hydrogen-bond acceptors (Lipinski definition) is 4. The van der Waals surface area contributed by atoms with Gasteiger partial charge < -0.3 is 0 Å². The molecule has 0 saturated carbocycles. The van der Waals surface area contributed by atoms with E-state index in [0.29, 0.717) is 11.1 Å². The van der Waals surface area contributed by atoms with E-state index in [1.165, 1.54) is 5.56 Å². The first kappa shape index (κ1) is 35.3. The number of nitriles is 4. The Morgan fingerprint density at radius 3 is 0.867 bits per heavy atom. The second-order valence-electron chi connectivity index (χ2n) is 8.97. The average Bonchev–Trinajstić information content (AvgIpc) is 3.06. The number of nitrogens with zero attached hydrogens (tertiary/aromatic N) is 4. The maximum absolute atomic E-state index is 9.64. The molecule has 0 aliphatic rings. The fourth-order valence-electron chi connectivity index (χ4n) is 4.01. The Morgan fingerprint density at radius 2 is 0.644 bits per heavy atom. The summed E-state index contributed by atoms with van der Waals surface area (Å²) in [6.07, 6.45) is 0. The van der Waals surface area contributed by atoms with Crippen LogP contribution in [0, 0.1) is 52.2 Å². The van der Waals surface area contributed by atoms with Crippen LogP contribution < -0.4 is 0 Å². The quantitative estimate of drug-likeness (QED) is 0.171. The van der Waals surface area contributed by atoms with Gasteiger partial charge in [-0.25, -0.2) is 0 Å². The SMILES string of the molecule is Cc1ccccc1.N#Cc1c(Cl)c(-c2ccccc2)c(C#N)c(Cl)c1-c1ccccc1.N#Cc1c(Cl)c(Cl)c(C#N)c(Cl)c1Cl. The molecule has 4 nitrogen and oxygen atoms in total. The smallest absolute Gasteiger partial charge is 0.102 e. The molecular formula is C35H18Cl6N4. The van der Waals surface area contributed by atoms with Crippen LogP contribution in [0.15, 0.2) is 91.0 Å². The standard InChI is InChI=1S/C20H10Cl2N2.C8Cl4N2.C7H8/c21-19-16(12-24)18(14-9-5-2-6-10-14)20(22)15(11-23)17(19)13-7-3-1-4-8-13;9-5-3(1-13)6(10)8(12)4(2-14)7(5)11;1-7-5-3-2-4-6-7/h1-10H;;2-6H,1H3. The van der Waals surface area contributed by atoms with E-state index >= 15 is 0 Å². The van der Waals surface area contributed by atoms with Crippen LogP contribution in [0.5, 0.6) is 0 Å². The fourth-order valence-corrected chi connectivity index (χ4v) is 5.72. The summed E-state index contributed by atoms with van der Waals surface area (Å²) in [4.78, 5) is 0. The van der Waals surface area contributed by atoms with Gasteiger partial charge in [-0.15, -0.1) is 0 Å². The van der Waals surface area contributed by atoms with Crippen molar-refractivity contribution in [2.45, 2.75) is 6.92 Å². The van der Waals surface area contributed by atoms with Crippen molar-refractivity contribution in [3.8, 4) is 46.5 Å². The van der Waals surface area contributed by atoms with Gasteiger partial charge in [0.2, 0.25) is 0 Å². The predicted octanol–water partition coefficient (Wildman–Crippen LogP) is 12.1. The van der Waals surface area contributed by atoms with Crippen molar-refractivity contribution in [2.75, 3.05) is 0 Å². The molecule has 45 heavy (non-hydrogen) atoms. The van der Waals surface area contributed by atoms with Gasteiger partial charge in [0.05, 0.1) is 52.4 Å². The molecule has 0 aliphatic heterocycles. The first-order valence-electron chi connectivity index (χ1n) is 12.8. The zero-order chi connectivity index (χ0) is 33.1. The van der Waals surface area contributed by atoms with Crippen molar-refractivity contribution >= 4 is 69.6 Å². The molecule has 0 bridgehead atoms. The van der Waals surface area contributed by atoms with Gasteiger partial charge in [-0.05, 0) is 18.1 Å². The first-order chi connectivity index (χ1) is 21.6. The van der Waals surface area contributed by atoms with Gasteiger partial charge in [0.15, 0.2) is 0 Å². The Kier molecular flexibility index (Phi) is 13.1. The summed E-state index contributed by atoms with van der Waals surface area (Å²) in [6, 6.07) is 36.5. The van der Waals surface area contributed by atoms with E-state index in [2.05, 4.69) is 31.2 Å². The van der Waals surface area contributed by atoms with E-state index in [1.54, 1.807) is 12.1 Å². The highest BCUT2D eigenvalue weighted by Crippen LogP contribution is 2.45. The van der Waals surface area contributed by atoms with E-state index in [9.17, 15) is 10.5 Å². The Hall–Kier alpha value is -4.20. The zero-order valence-corrected chi connectivity index (χ0v) is 27.8. The van der Waals surface area contributed by atoms with Crippen molar-refractivity contribution in [3.05, 3.63) is 149 Å². The summed E-state index contributed by atoms with van der Waals surface area (Å²) in [6.45, 7) is 2.08. The molecule has 0 spiro atoms. The van der Waals surface area contributed by atoms with Crippen LogP contribution >= 0.6 is 69.6 Å². The third-order valence-electron chi connectivity index (χ3n) is 6.15. The van der Waals surface area contributed by atoms with Gasteiger partial charge >= 0.3 is 0 Å². The molecule has 0 radical (unpaired) electrons. The lowest BCUT2D eigenvalue weighted by Crippen LogP contribution is -1.96. The third-order valence-corrected chi connectivity index (χ3v) is 8.62. The highest BCUT2D eigenvalue weighted by atomic mass is 35.5. The largest absolute Gasteiger partial charge is 0.192 e. The second-order valence-corrected chi connectivity index (χ2v) is 11.2. The average molecular weight is 707 g/mol. The van der Waals surface area contributed by atoms with Gasteiger partial charge in [0, 0.05) is 11.1 Å². The van der Waals surface area contributed by atoms with Crippen molar-refractivity contribution in [2.24, 2.45) is 0 Å². The predicted molar refractivity (Wildman–Crippen MR) is 184 cm³/mol. The molecule has 0 unspecified atom stereocenters. The molecule has 0 aromatic heterocycles.